The van der Waals surface area contributed by atoms with Gasteiger partial charge in [-0.1, -0.05) is 30.3 Å². The minimum Gasteiger partial charge on any atom is -0.390 e. The molecule has 3 rings (SSSR count). The predicted molar refractivity (Wildman–Crippen MR) is 84.2 cm³/mol. The maximum Gasteiger partial charge on any atom is 0.220 e. The molecule has 0 spiro atoms. The first kappa shape index (κ1) is 14.7. The molecular weight excluding hydrogens is 276 g/mol. The van der Waals surface area contributed by atoms with Crippen molar-refractivity contribution in [3.05, 3.63) is 65.5 Å². The maximum absolute atomic E-state index is 12.1. The summed E-state index contributed by atoms with van der Waals surface area (Å²) in [6, 6.07) is 13.4. The van der Waals surface area contributed by atoms with E-state index in [9.17, 15) is 9.90 Å². The third-order valence-electron chi connectivity index (χ3n) is 4.08. The zero-order valence-corrected chi connectivity index (χ0v) is 12.4. The monoisotopic (exact) mass is 296 g/mol. The average Bonchev–Trinajstić information content (AvgIpc) is 2.84. The lowest BCUT2D eigenvalue weighted by Gasteiger charge is -2.18. The van der Waals surface area contributed by atoms with E-state index in [-0.39, 0.29) is 11.9 Å². The lowest BCUT2D eigenvalue weighted by atomic mass is 10.1. The summed E-state index contributed by atoms with van der Waals surface area (Å²) in [5.41, 5.74) is 3.16. The highest BCUT2D eigenvalue weighted by atomic mass is 16.3. The molecule has 4 heteroatoms. The second kappa shape index (κ2) is 6.71. The van der Waals surface area contributed by atoms with Crippen LogP contribution in [-0.2, 0) is 17.6 Å². The summed E-state index contributed by atoms with van der Waals surface area (Å²) in [5.74, 6) is -0.0170. The standard InChI is InChI=1S/C18H20N2O2/c21-16-12-13-6-1-2-9-15(13)18(16)20-17(22)10-5-8-14-7-3-4-11-19-14/h1-4,6-7,9,11,16,18,21H,5,8,10,12H2,(H,20,22). The molecule has 2 aromatic rings. The van der Waals surface area contributed by atoms with Crippen LogP contribution in [0.4, 0.5) is 0 Å². The molecule has 0 aliphatic heterocycles. The molecule has 2 unspecified atom stereocenters. The molecule has 114 valence electrons. The largest absolute Gasteiger partial charge is 0.390 e. The highest BCUT2D eigenvalue weighted by Gasteiger charge is 2.31. The van der Waals surface area contributed by atoms with Crippen LogP contribution in [0, 0.1) is 0 Å². The van der Waals surface area contributed by atoms with Crippen LogP contribution >= 0.6 is 0 Å². The fourth-order valence-corrected chi connectivity index (χ4v) is 2.97. The van der Waals surface area contributed by atoms with E-state index in [0.717, 1.165) is 29.7 Å². The number of hydrogen-bond donors (Lipinski definition) is 2. The summed E-state index contributed by atoms with van der Waals surface area (Å²) in [5, 5.41) is 13.1. The molecule has 2 N–H and O–H groups in total. The Morgan fingerprint density at radius 2 is 2.05 bits per heavy atom. The van der Waals surface area contributed by atoms with Gasteiger partial charge in [-0.15, -0.1) is 0 Å². The van der Waals surface area contributed by atoms with Gasteiger partial charge in [0, 0.05) is 24.7 Å². The number of aromatic nitrogens is 1. The highest BCUT2D eigenvalue weighted by molar-refractivity contribution is 5.76. The third kappa shape index (κ3) is 3.34. The Morgan fingerprint density at radius 1 is 1.23 bits per heavy atom. The molecule has 1 aromatic carbocycles. The summed E-state index contributed by atoms with van der Waals surface area (Å²) in [4.78, 5) is 16.4. The molecule has 1 heterocycles. The van der Waals surface area contributed by atoms with Gasteiger partial charge in [-0.3, -0.25) is 9.78 Å². The molecule has 0 radical (unpaired) electrons. The number of aliphatic hydroxyl groups excluding tert-OH is 1. The number of rotatable bonds is 5. The first-order valence-electron chi connectivity index (χ1n) is 7.69. The van der Waals surface area contributed by atoms with E-state index in [2.05, 4.69) is 10.3 Å². The van der Waals surface area contributed by atoms with Crippen molar-refractivity contribution in [1.82, 2.24) is 10.3 Å². The van der Waals surface area contributed by atoms with Crippen LogP contribution in [0.2, 0.25) is 0 Å². The number of nitrogens with one attached hydrogen (secondary N) is 1. The minimum absolute atomic E-state index is 0.0170. The van der Waals surface area contributed by atoms with Gasteiger partial charge in [0.2, 0.25) is 5.91 Å². The molecule has 2 atom stereocenters. The van der Waals surface area contributed by atoms with Gasteiger partial charge >= 0.3 is 0 Å². The summed E-state index contributed by atoms with van der Waals surface area (Å²) < 4.78 is 0. The van der Waals surface area contributed by atoms with Crippen molar-refractivity contribution in [1.29, 1.82) is 0 Å². The Bertz CT molecular complexity index is 643. The van der Waals surface area contributed by atoms with Crippen LogP contribution in [0.5, 0.6) is 0 Å². The number of aliphatic hydroxyl groups is 1. The van der Waals surface area contributed by atoms with Crippen LogP contribution in [0.15, 0.2) is 48.7 Å². The first-order valence-corrected chi connectivity index (χ1v) is 7.69. The highest BCUT2D eigenvalue weighted by Crippen LogP contribution is 2.31. The van der Waals surface area contributed by atoms with Crippen molar-refractivity contribution >= 4 is 5.91 Å². The fraction of sp³-hybridized carbons (Fsp3) is 0.333. The molecular formula is C18H20N2O2. The molecule has 0 fully saturated rings. The van der Waals surface area contributed by atoms with Gasteiger partial charge in [0.1, 0.15) is 0 Å². The normalized spacial score (nSPS) is 19.7. The molecule has 1 amide bonds. The number of amides is 1. The summed E-state index contributed by atoms with van der Waals surface area (Å²) >= 11 is 0. The Morgan fingerprint density at radius 3 is 2.86 bits per heavy atom. The van der Waals surface area contributed by atoms with Gasteiger partial charge in [-0.05, 0) is 36.1 Å². The number of pyridine rings is 1. The summed E-state index contributed by atoms with van der Waals surface area (Å²) in [6.45, 7) is 0. The van der Waals surface area contributed by atoms with Crippen molar-refractivity contribution in [3.63, 3.8) is 0 Å². The second-order valence-electron chi connectivity index (χ2n) is 5.69. The maximum atomic E-state index is 12.1. The van der Waals surface area contributed by atoms with Gasteiger partial charge in [-0.25, -0.2) is 0 Å². The molecule has 22 heavy (non-hydrogen) atoms. The van der Waals surface area contributed by atoms with E-state index >= 15 is 0 Å². The van der Waals surface area contributed by atoms with Gasteiger partial charge in [0.25, 0.3) is 0 Å². The van der Waals surface area contributed by atoms with Crippen LogP contribution in [0.25, 0.3) is 0 Å². The molecule has 1 aliphatic rings. The van der Waals surface area contributed by atoms with Crippen LogP contribution < -0.4 is 5.32 Å². The van der Waals surface area contributed by atoms with Crippen molar-refractivity contribution < 1.29 is 9.90 Å². The Hall–Kier alpha value is -2.20. The molecule has 1 aliphatic carbocycles. The quantitative estimate of drug-likeness (QED) is 0.889. The first-order chi connectivity index (χ1) is 10.7. The lowest BCUT2D eigenvalue weighted by Crippen LogP contribution is -2.33. The number of benzene rings is 1. The van der Waals surface area contributed by atoms with Crippen molar-refractivity contribution in [2.24, 2.45) is 0 Å². The Labute approximate surface area is 130 Å². The van der Waals surface area contributed by atoms with Crippen molar-refractivity contribution in [2.75, 3.05) is 0 Å². The number of nitrogens with zero attached hydrogens (tertiary/aromatic N) is 1. The van der Waals surface area contributed by atoms with Crippen LogP contribution in [-0.4, -0.2) is 22.1 Å². The van der Waals surface area contributed by atoms with E-state index in [1.54, 1.807) is 6.20 Å². The minimum atomic E-state index is -0.530. The van der Waals surface area contributed by atoms with E-state index in [4.69, 9.17) is 0 Å². The van der Waals surface area contributed by atoms with E-state index in [1.165, 1.54) is 0 Å². The third-order valence-corrected chi connectivity index (χ3v) is 4.08. The number of carbonyl (C=O) groups excluding carboxylic acids is 1. The zero-order chi connectivity index (χ0) is 15.4. The molecule has 4 nitrogen and oxygen atoms in total. The molecule has 1 aromatic heterocycles. The summed E-state index contributed by atoms with van der Waals surface area (Å²) in [6.07, 6.45) is 3.83. The van der Waals surface area contributed by atoms with Gasteiger partial charge < -0.3 is 10.4 Å². The van der Waals surface area contributed by atoms with Crippen molar-refractivity contribution in [2.45, 2.75) is 37.8 Å². The Kier molecular flexibility index (Phi) is 4.49. The van der Waals surface area contributed by atoms with E-state index in [1.807, 2.05) is 42.5 Å². The van der Waals surface area contributed by atoms with Gasteiger partial charge in [0.15, 0.2) is 0 Å². The SMILES string of the molecule is O=C(CCCc1ccccn1)NC1c2ccccc2CC1O. The molecule has 0 saturated heterocycles. The molecule has 0 saturated carbocycles. The van der Waals surface area contributed by atoms with Crippen LogP contribution in [0.1, 0.15) is 35.7 Å². The van der Waals surface area contributed by atoms with E-state index in [0.29, 0.717) is 12.8 Å². The fourth-order valence-electron chi connectivity index (χ4n) is 2.97. The second-order valence-corrected chi connectivity index (χ2v) is 5.69. The van der Waals surface area contributed by atoms with E-state index < -0.39 is 6.10 Å². The molecule has 0 bridgehead atoms. The Balaban J connectivity index is 1.52. The van der Waals surface area contributed by atoms with Gasteiger partial charge in [-0.2, -0.15) is 0 Å². The smallest absolute Gasteiger partial charge is 0.220 e. The topological polar surface area (TPSA) is 62.2 Å². The van der Waals surface area contributed by atoms with Crippen LogP contribution in [0.3, 0.4) is 0 Å². The lowest BCUT2D eigenvalue weighted by molar-refractivity contribution is -0.122. The predicted octanol–water partition coefficient (Wildman–Crippen LogP) is 2.18. The average molecular weight is 296 g/mol. The summed E-state index contributed by atoms with van der Waals surface area (Å²) in [7, 11) is 0. The zero-order valence-electron chi connectivity index (χ0n) is 12.4. The number of fused-ring (bicyclic) bond motifs is 1. The number of aryl methyl sites for hydroxylation is 1. The van der Waals surface area contributed by atoms with Crippen molar-refractivity contribution in [3.8, 4) is 0 Å². The number of carbonyl (C=O) groups is 1. The number of hydrogen-bond acceptors (Lipinski definition) is 3. The van der Waals surface area contributed by atoms with Gasteiger partial charge in [0.05, 0.1) is 12.1 Å².